The summed E-state index contributed by atoms with van der Waals surface area (Å²) in [5, 5.41) is 9.11. The number of hydrogen-bond acceptors (Lipinski definition) is 3. The van der Waals surface area contributed by atoms with Gasteiger partial charge < -0.3 is 15.7 Å². The van der Waals surface area contributed by atoms with E-state index in [1.807, 2.05) is 11.9 Å². The van der Waals surface area contributed by atoms with Crippen molar-refractivity contribution < 1.29 is 9.90 Å². The fourth-order valence-corrected chi connectivity index (χ4v) is 2.22. The van der Waals surface area contributed by atoms with Crippen molar-refractivity contribution >= 4 is 5.97 Å². The van der Waals surface area contributed by atoms with Crippen molar-refractivity contribution in [1.29, 1.82) is 0 Å². The third-order valence-corrected chi connectivity index (χ3v) is 3.10. The second kappa shape index (κ2) is 4.28. The molecule has 0 aromatic heterocycles. The van der Waals surface area contributed by atoms with Gasteiger partial charge in [-0.3, -0.25) is 4.79 Å². The van der Waals surface area contributed by atoms with Gasteiger partial charge in [0.05, 0.1) is 0 Å². The molecule has 0 bridgehead atoms. The van der Waals surface area contributed by atoms with E-state index in [9.17, 15) is 4.79 Å². The van der Waals surface area contributed by atoms with Crippen LogP contribution in [-0.2, 0) is 4.79 Å². The van der Waals surface area contributed by atoms with Crippen LogP contribution in [0.5, 0.6) is 0 Å². The Morgan fingerprint density at radius 2 is 2.36 bits per heavy atom. The van der Waals surface area contributed by atoms with Crippen molar-refractivity contribution in [3.05, 3.63) is 0 Å². The van der Waals surface area contributed by atoms with Crippen LogP contribution in [0.15, 0.2) is 0 Å². The number of likely N-dealkylation sites (tertiary alicyclic amines) is 1. The Morgan fingerprint density at radius 1 is 1.71 bits per heavy atom. The van der Waals surface area contributed by atoms with Crippen LogP contribution in [0.2, 0.25) is 0 Å². The molecule has 1 heterocycles. The van der Waals surface area contributed by atoms with Gasteiger partial charge in [-0.05, 0) is 13.5 Å². The number of nitrogens with zero attached hydrogens (tertiary/aromatic N) is 1. The summed E-state index contributed by atoms with van der Waals surface area (Å²) in [6.07, 6.45) is 3.07. The summed E-state index contributed by atoms with van der Waals surface area (Å²) in [5.41, 5.74) is 4.91. The van der Waals surface area contributed by atoms with Crippen LogP contribution in [0.4, 0.5) is 0 Å². The van der Waals surface area contributed by atoms with Gasteiger partial charge in [-0.2, -0.15) is 0 Å². The van der Waals surface area contributed by atoms with Crippen molar-refractivity contribution in [3.8, 4) is 0 Å². The van der Waals surface area contributed by atoms with E-state index in [-0.39, 0.29) is 5.92 Å². The summed E-state index contributed by atoms with van der Waals surface area (Å²) in [7, 11) is 1.93. The van der Waals surface area contributed by atoms with E-state index in [4.69, 9.17) is 10.8 Å². The van der Waals surface area contributed by atoms with Crippen LogP contribution in [-0.4, -0.2) is 41.7 Å². The average molecular weight is 200 g/mol. The molecule has 1 rings (SSSR count). The molecule has 1 aliphatic heterocycles. The van der Waals surface area contributed by atoms with E-state index in [1.165, 1.54) is 0 Å². The van der Waals surface area contributed by atoms with Crippen molar-refractivity contribution in [1.82, 2.24) is 4.90 Å². The minimum Gasteiger partial charge on any atom is -0.480 e. The van der Waals surface area contributed by atoms with Gasteiger partial charge in [-0.1, -0.05) is 19.8 Å². The zero-order valence-corrected chi connectivity index (χ0v) is 8.99. The predicted octanol–water partition coefficient (Wildman–Crippen LogP) is 0.520. The molecule has 0 amide bonds. The second-order valence-electron chi connectivity index (χ2n) is 4.38. The molecule has 1 fully saturated rings. The number of aliphatic carboxylic acids is 1. The highest BCUT2D eigenvalue weighted by atomic mass is 16.4. The van der Waals surface area contributed by atoms with Gasteiger partial charge >= 0.3 is 5.97 Å². The number of rotatable bonds is 4. The smallest absolute Gasteiger partial charge is 0.325 e. The Labute approximate surface area is 85.1 Å². The zero-order chi connectivity index (χ0) is 10.8. The molecule has 3 N–H and O–H groups in total. The monoisotopic (exact) mass is 200 g/mol. The molecule has 82 valence electrons. The Kier molecular flexibility index (Phi) is 3.50. The fourth-order valence-electron chi connectivity index (χ4n) is 2.22. The minimum absolute atomic E-state index is 0.102. The molecule has 0 radical (unpaired) electrons. The molecule has 14 heavy (non-hydrogen) atoms. The van der Waals surface area contributed by atoms with E-state index < -0.39 is 11.5 Å². The number of nitrogens with two attached hydrogens (primary N) is 1. The molecule has 0 aromatic carbocycles. The van der Waals surface area contributed by atoms with Crippen LogP contribution in [0.1, 0.15) is 26.2 Å². The lowest BCUT2D eigenvalue weighted by atomic mass is 9.84. The number of hydrogen-bond donors (Lipinski definition) is 2. The topological polar surface area (TPSA) is 66.6 Å². The Balaban J connectivity index is 2.66. The van der Waals surface area contributed by atoms with E-state index in [0.29, 0.717) is 6.54 Å². The summed E-state index contributed by atoms with van der Waals surface area (Å²) < 4.78 is 0. The van der Waals surface area contributed by atoms with Crippen molar-refractivity contribution in [2.75, 3.05) is 20.1 Å². The molecule has 2 unspecified atom stereocenters. The number of unbranched alkanes of at least 4 members (excludes halogenated alkanes) is 1. The predicted molar refractivity (Wildman–Crippen MR) is 55.1 cm³/mol. The Bertz CT molecular complexity index is 220. The van der Waals surface area contributed by atoms with Gasteiger partial charge in [-0.15, -0.1) is 0 Å². The Morgan fingerprint density at radius 3 is 2.86 bits per heavy atom. The van der Waals surface area contributed by atoms with Crippen LogP contribution in [0, 0.1) is 5.92 Å². The van der Waals surface area contributed by atoms with E-state index >= 15 is 0 Å². The normalized spacial score (nSPS) is 33.5. The molecule has 0 aliphatic carbocycles. The molecule has 4 heteroatoms. The number of likely N-dealkylation sites (N-methyl/N-ethyl adjacent to an activating group) is 1. The standard InChI is InChI=1S/C10H20N2O2/c1-3-4-5-8-6-12(2)7-10(8,11)9(13)14/h8H,3-7,11H2,1-2H3,(H,13,14). The van der Waals surface area contributed by atoms with Crippen LogP contribution in [0.25, 0.3) is 0 Å². The highest BCUT2D eigenvalue weighted by Crippen LogP contribution is 2.29. The first kappa shape index (κ1) is 11.5. The molecule has 2 atom stereocenters. The molecule has 0 saturated carbocycles. The summed E-state index contributed by atoms with van der Waals surface area (Å²) >= 11 is 0. The van der Waals surface area contributed by atoms with Gasteiger partial charge in [0.25, 0.3) is 0 Å². The third kappa shape index (κ3) is 2.07. The number of carbonyl (C=O) groups is 1. The van der Waals surface area contributed by atoms with Gasteiger partial charge in [0.2, 0.25) is 0 Å². The van der Waals surface area contributed by atoms with E-state index in [2.05, 4.69) is 6.92 Å². The summed E-state index contributed by atoms with van der Waals surface area (Å²) in [4.78, 5) is 13.1. The molecule has 1 aliphatic rings. The summed E-state index contributed by atoms with van der Waals surface area (Å²) in [6, 6.07) is 0. The lowest BCUT2D eigenvalue weighted by molar-refractivity contribution is -0.144. The lowest BCUT2D eigenvalue weighted by Gasteiger charge is -2.25. The molecule has 1 saturated heterocycles. The third-order valence-electron chi connectivity index (χ3n) is 3.10. The first-order chi connectivity index (χ1) is 6.50. The van der Waals surface area contributed by atoms with Gasteiger partial charge in [0.1, 0.15) is 5.54 Å². The van der Waals surface area contributed by atoms with Crippen LogP contribution < -0.4 is 5.73 Å². The average Bonchev–Trinajstić information content (AvgIpc) is 2.39. The molecule has 4 nitrogen and oxygen atoms in total. The zero-order valence-electron chi connectivity index (χ0n) is 8.99. The second-order valence-corrected chi connectivity index (χ2v) is 4.38. The van der Waals surface area contributed by atoms with Crippen molar-refractivity contribution in [3.63, 3.8) is 0 Å². The van der Waals surface area contributed by atoms with E-state index in [1.54, 1.807) is 0 Å². The van der Waals surface area contributed by atoms with Crippen LogP contribution >= 0.6 is 0 Å². The maximum absolute atomic E-state index is 11.1. The molecule has 0 aromatic rings. The van der Waals surface area contributed by atoms with Crippen LogP contribution in [0.3, 0.4) is 0 Å². The van der Waals surface area contributed by atoms with Gasteiger partial charge in [0, 0.05) is 19.0 Å². The largest absolute Gasteiger partial charge is 0.480 e. The highest BCUT2D eigenvalue weighted by Gasteiger charge is 2.47. The summed E-state index contributed by atoms with van der Waals surface area (Å²) in [6.45, 7) is 3.39. The van der Waals surface area contributed by atoms with Gasteiger partial charge in [-0.25, -0.2) is 0 Å². The molecular weight excluding hydrogens is 180 g/mol. The lowest BCUT2D eigenvalue weighted by Crippen LogP contribution is -2.54. The maximum atomic E-state index is 11.1. The minimum atomic E-state index is -1.02. The highest BCUT2D eigenvalue weighted by molar-refractivity contribution is 5.79. The first-order valence-electron chi connectivity index (χ1n) is 5.21. The maximum Gasteiger partial charge on any atom is 0.325 e. The SMILES string of the molecule is CCCCC1CN(C)CC1(N)C(=O)O. The number of carboxylic acid groups (broad SMARTS) is 1. The Hall–Kier alpha value is -0.610. The first-order valence-corrected chi connectivity index (χ1v) is 5.21. The quantitative estimate of drug-likeness (QED) is 0.694. The van der Waals surface area contributed by atoms with Crippen molar-refractivity contribution in [2.24, 2.45) is 11.7 Å². The van der Waals surface area contributed by atoms with E-state index in [0.717, 1.165) is 25.8 Å². The van der Waals surface area contributed by atoms with Gasteiger partial charge in [0.15, 0.2) is 0 Å². The molecule has 0 spiro atoms. The summed E-state index contributed by atoms with van der Waals surface area (Å²) in [5.74, 6) is -0.757. The fraction of sp³-hybridized carbons (Fsp3) is 0.900. The molecular formula is C10H20N2O2. The van der Waals surface area contributed by atoms with Crippen molar-refractivity contribution in [2.45, 2.75) is 31.7 Å². The number of carboxylic acids is 1.